The predicted molar refractivity (Wildman–Crippen MR) is 76.4 cm³/mol. The fourth-order valence-corrected chi connectivity index (χ4v) is 2.06. The van der Waals surface area contributed by atoms with Gasteiger partial charge in [0.25, 0.3) is 5.95 Å². The average Bonchev–Trinajstić information content (AvgIpc) is 3.05. The Morgan fingerprint density at radius 3 is 2.65 bits per heavy atom. The Morgan fingerprint density at radius 1 is 1.20 bits per heavy atom. The molecule has 3 heterocycles. The van der Waals surface area contributed by atoms with Gasteiger partial charge in [-0.1, -0.05) is 13.3 Å². The quantitative estimate of drug-likeness (QED) is 0.765. The van der Waals surface area contributed by atoms with Crippen molar-refractivity contribution in [2.75, 3.05) is 5.73 Å². The Hall–Kier alpha value is -2.51. The highest BCUT2D eigenvalue weighted by Gasteiger charge is 2.16. The van der Waals surface area contributed by atoms with E-state index in [2.05, 4.69) is 32.1 Å². The zero-order valence-corrected chi connectivity index (χ0v) is 11.5. The lowest BCUT2D eigenvalue weighted by Gasteiger charge is -2.02. The Labute approximate surface area is 117 Å². The molecule has 3 rings (SSSR count). The SMILES string of the molecule is CCCCc1nc(N)c2nc(-n3nccn3)n(C)c2n1.[HH]. The fourth-order valence-electron chi connectivity index (χ4n) is 2.06. The van der Waals surface area contributed by atoms with Gasteiger partial charge in [-0.15, -0.1) is 4.80 Å². The lowest BCUT2D eigenvalue weighted by Crippen LogP contribution is -2.07. The third kappa shape index (κ3) is 1.98. The van der Waals surface area contributed by atoms with E-state index in [1.807, 2.05) is 11.6 Å². The second kappa shape index (κ2) is 4.87. The molecule has 0 amide bonds. The molecule has 2 N–H and O–H groups in total. The summed E-state index contributed by atoms with van der Waals surface area (Å²) in [7, 11) is 1.87. The molecule has 106 valence electrons. The number of imidazole rings is 1. The van der Waals surface area contributed by atoms with E-state index in [-0.39, 0.29) is 1.43 Å². The molecule has 8 nitrogen and oxygen atoms in total. The van der Waals surface area contributed by atoms with E-state index in [4.69, 9.17) is 5.73 Å². The molecule has 0 saturated heterocycles. The van der Waals surface area contributed by atoms with E-state index in [9.17, 15) is 0 Å². The number of anilines is 1. The van der Waals surface area contributed by atoms with Crippen molar-refractivity contribution in [1.82, 2.24) is 34.5 Å². The summed E-state index contributed by atoms with van der Waals surface area (Å²) in [6, 6.07) is 0. The minimum Gasteiger partial charge on any atom is -0.382 e. The first kappa shape index (κ1) is 12.5. The molecule has 3 aromatic heterocycles. The molecule has 0 aliphatic rings. The first-order chi connectivity index (χ1) is 9.70. The Balaban J connectivity index is 0.00000161. The molecule has 0 bridgehead atoms. The lowest BCUT2D eigenvalue weighted by atomic mass is 10.2. The first-order valence-electron chi connectivity index (χ1n) is 6.56. The maximum Gasteiger partial charge on any atom is 0.251 e. The maximum atomic E-state index is 5.99. The van der Waals surface area contributed by atoms with Crippen LogP contribution in [0.15, 0.2) is 12.4 Å². The van der Waals surface area contributed by atoms with Gasteiger partial charge in [0, 0.05) is 14.9 Å². The van der Waals surface area contributed by atoms with E-state index in [1.54, 1.807) is 12.4 Å². The number of nitrogen functional groups attached to an aromatic ring is 1. The van der Waals surface area contributed by atoms with Gasteiger partial charge in [0.15, 0.2) is 17.0 Å². The van der Waals surface area contributed by atoms with Crippen LogP contribution in [0.2, 0.25) is 0 Å². The van der Waals surface area contributed by atoms with Crippen LogP contribution in [0.5, 0.6) is 0 Å². The van der Waals surface area contributed by atoms with Gasteiger partial charge in [-0.3, -0.25) is 4.57 Å². The van der Waals surface area contributed by atoms with Crippen LogP contribution in [0.25, 0.3) is 17.1 Å². The van der Waals surface area contributed by atoms with Crippen molar-refractivity contribution < 1.29 is 1.43 Å². The highest BCUT2D eigenvalue weighted by molar-refractivity contribution is 5.83. The molecule has 0 fully saturated rings. The van der Waals surface area contributed by atoms with Crippen molar-refractivity contribution in [3.05, 3.63) is 18.2 Å². The normalized spacial score (nSPS) is 11.3. The van der Waals surface area contributed by atoms with Crippen molar-refractivity contribution in [3.8, 4) is 5.95 Å². The summed E-state index contributed by atoms with van der Waals surface area (Å²) in [6.07, 6.45) is 6.14. The molecule has 8 heteroatoms. The first-order valence-corrected chi connectivity index (χ1v) is 6.56. The highest BCUT2D eigenvalue weighted by atomic mass is 15.5. The van der Waals surface area contributed by atoms with Gasteiger partial charge in [0.05, 0.1) is 12.4 Å². The number of fused-ring (bicyclic) bond motifs is 1. The van der Waals surface area contributed by atoms with Gasteiger partial charge in [-0.25, -0.2) is 15.0 Å². The number of nitrogens with two attached hydrogens (primary N) is 1. The highest BCUT2D eigenvalue weighted by Crippen LogP contribution is 2.19. The molecular weight excluding hydrogens is 256 g/mol. The second-order valence-corrected chi connectivity index (χ2v) is 4.59. The molecule has 0 aromatic carbocycles. The standard InChI is InChI=1S/C12H16N8.H2/c1-3-4-5-8-16-10(13)9-11(17-8)19(2)12(18-9)20-14-6-7-15-20;/h6-7H,3-5H2,1-2H3,(H2,13,16,17);1H. The Bertz CT molecular complexity index is 733. The smallest absolute Gasteiger partial charge is 0.251 e. The topological polar surface area (TPSA) is 100 Å². The zero-order chi connectivity index (χ0) is 14.1. The number of aromatic nitrogens is 7. The summed E-state index contributed by atoms with van der Waals surface area (Å²) in [4.78, 5) is 14.7. The van der Waals surface area contributed by atoms with E-state index in [0.717, 1.165) is 25.1 Å². The van der Waals surface area contributed by atoms with E-state index in [1.165, 1.54) is 4.80 Å². The van der Waals surface area contributed by atoms with Crippen molar-refractivity contribution in [1.29, 1.82) is 0 Å². The van der Waals surface area contributed by atoms with Crippen LogP contribution in [0.1, 0.15) is 27.0 Å². The number of aryl methyl sites for hydroxylation is 2. The minimum atomic E-state index is 0. The van der Waals surface area contributed by atoms with Crippen LogP contribution in [-0.2, 0) is 13.5 Å². The summed E-state index contributed by atoms with van der Waals surface area (Å²) in [5.41, 5.74) is 7.28. The second-order valence-electron chi connectivity index (χ2n) is 4.59. The van der Waals surface area contributed by atoms with Gasteiger partial charge >= 0.3 is 0 Å². The summed E-state index contributed by atoms with van der Waals surface area (Å²) in [5, 5.41) is 8.15. The fraction of sp³-hybridized carbons (Fsp3) is 0.417. The van der Waals surface area contributed by atoms with Crippen molar-refractivity contribution in [3.63, 3.8) is 0 Å². The third-order valence-electron chi connectivity index (χ3n) is 3.12. The van der Waals surface area contributed by atoms with Crippen LogP contribution in [0, 0.1) is 0 Å². The maximum absolute atomic E-state index is 5.99. The number of nitrogens with zero attached hydrogens (tertiary/aromatic N) is 7. The molecule has 0 radical (unpaired) electrons. The molecule has 3 aromatic rings. The van der Waals surface area contributed by atoms with Crippen LogP contribution in [0.4, 0.5) is 5.82 Å². The van der Waals surface area contributed by atoms with Crippen molar-refractivity contribution in [2.45, 2.75) is 26.2 Å². The van der Waals surface area contributed by atoms with Gasteiger partial charge in [0.1, 0.15) is 5.82 Å². The molecular formula is C12H18N8. The minimum absolute atomic E-state index is 0. The summed E-state index contributed by atoms with van der Waals surface area (Å²) < 4.78 is 1.82. The van der Waals surface area contributed by atoms with Crippen molar-refractivity contribution in [2.24, 2.45) is 7.05 Å². The molecule has 0 saturated carbocycles. The molecule has 0 spiro atoms. The van der Waals surface area contributed by atoms with E-state index in [0.29, 0.717) is 22.9 Å². The third-order valence-corrected chi connectivity index (χ3v) is 3.12. The van der Waals surface area contributed by atoms with Crippen LogP contribution >= 0.6 is 0 Å². The van der Waals surface area contributed by atoms with Gasteiger partial charge in [-0.2, -0.15) is 10.2 Å². The Kier molecular flexibility index (Phi) is 3.05. The molecule has 0 atom stereocenters. The summed E-state index contributed by atoms with van der Waals surface area (Å²) >= 11 is 0. The summed E-state index contributed by atoms with van der Waals surface area (Å²) in [5.74, 6) is 1.72. The molecule has 20 heavy (non-hydrogen) atoms. The molecule has 0 unspecified atom stereocenters. The van der Waals surface area contributed by atoms with Gasteiger partial charge in [-0.05, 0) is 6.42 Å². The average molecular weight is 274 g/mol. The van der Waals surface area contributed by atoms with Crippen LogP contribution in [-0.4, -0.2) is 34.5 Å². The lowest BCUT2D eigenvalue weighted by molar-refractivity contribution is 0.673. The van der Waals surface area contributed by atoms with E-state index < -0.39 is 0 Å². The number of hydrogen-bond acceptors (Lipinski definition) is 6. The molecule has 0 aliphatic carbocycles. The van der Waals surface area contributed by atoms with Gasteiger partial charge < -0.3 is 5.73 Å². The van der Waals surface area contributed by atoms with Crippen LogP contribution in [0.3, 0.4) is 0 Å². The van der Waals surface area contributed by atoms with E-state index >= 15 is 0 Å². The van der Waals surface area contributed by atoms with Gasteiger partial charge in [0.2, 0.25) is 0 Å². The monoisotopic (exact) mass is 274 g/mol. The number of rotatable bonds is 4. The predicted octanol–water partition coefficient (Wildman–Crippen LogP) is 1.11. The molecule has 0 aliphatic heterocycles. The largest absolute Gasteiger partial charge is 0.382 e. The zero-order valence-electron chi connectivity index (χ0n) is 11.5. The summed E-state index contributed by atoms with van der Waals surface area (Å²) in [6.45, 7) is 2.13. The van der Waals surface area contributed by atoms with Crippen molar-refractivity contribution >= 4 is 17.0 Å². The Morgan fingerprint density at radius 2 is 1.95 bits per heavy atom. The van der Waals surface area contributed by atoms with Crippen LogP contribution < -0.4 is 5.73 Å². The number of hydrogen-bond donors (Lipinski definition) is 1. The number of unbranched alkanes of at least 4 members (excludes halogenated alkanes) is 1.